The Bertz CT molecular complexity index is 1120. The van der Waals surface area contributed by atoms with Crippen molar-refractivity contribution in [3.8, 4) is 5.75 Å². The van der Waals surface area contributed by atoms with Gasteiger partial charge in [0.25, 0.3) is 0 Å². The molecule has 0 spiro atoms. The minimum absolute atomic E-state index is 0.279. The van der Waals surface area contributed by atoms with Crippen molar-refractivity contribution in [2.24, 2.45) is 15.1 Å². The predicted molar refractivity (Wildman–Crippen MR) is 139 cm³/mol. The van der Waals surface area contributed by atoms with Crippen LogP contribution in [0.3, 0.4) is 0 Å². The molecule has 0 fully saturated rings. The van der Waals surface area contributed by atoms with Gasteiger partial charge in [0, 0.05) is 29.8 Å². The summed E-state index contributed by atoms with van der Waals surface area (Å²) in [5, 5.41) is 2.17. The number of rotatable bonds is 10. The Morgan fingerprint density at radius 1 is 1.25 bits per heavy atom. The lowest BCUT2D eigenvalue weighted by atomic mass is 9.99. The zero-order chi connectivity index (χ0) is 23.7. The maximum atomic E-state index is 13.4. The van der Waals surface area contributed by atoms with Gasteiger partial charge in [0.05, 0.1) is 28.3 Å². The Kier molecular flexibility index (Phi) is 9.50. The molecule has 0 aromatic heterocycles. The van der Waals surface area contributed by atoms with Crippen molar-refractivity contribution >= 4 is 44.3 Å². The molecule has 0 amide bonds. The lowest BCUT2D eigenvalue weighted by molar-refractivity contribution is 0.413. The van der Waals surface area contributed by atoms with Crippen LogP contribution in [0.1, 0.15) is 24.5 Å². The molecule has 6 nitrogen and oxygen atoms in total. The fraction of sp³-hybridized carbons (Fsp3) is 0.292. The zero-order valence-electron chi connectivity index (χ0n) is 19.0. The van der Waals surface area contributed by atoms with Crippen LogP contribution in [0.25, 0.3) is 5.57 Å². The third kappa shape index (κ3) is 6.95. The van der Waals surface area contributed by atoms with Gasteiger partial charge < -0.3 is 15.4 Å². The molecule has 2 aromatic rings. The lowest BCUT2D eigenvalue weighted by Crippen LogP contribution is -2.17. The van der Waals surface area contributed by atoms with Gasteiger partial charge in [-0.25, -0.2) is 4.21 Å². The Morgan fingerprint density at radius 2 is 1.94 bits per heavy atom. The van der Waals surface area contributed by atoms with E-state index < -0.39 is 9.71 Å². The predicted octanol–water partition coefficient (Wildman–Crippen LogP) is 4.17. The smallest absolute Gasteiger partial charge is 0.128 e. The number of hydrogen-bond donors (Lipinski definition) is 1. The maximum Gasteiger partial charge on any atom is 0.128 e. The van der Waals surface area contributed by atoms with E-state index in [1.54, 1.807) is 49.9 Å². The second kappa shape index (κ2) is 11.9. The summed E-state index contributed by atoms with van der Waals surface area (Å²) in [6, 6.07) is 12.7. The van der Waals surface area contributed by atoms with Crippen molar-refractivity contribution in [1.82, 2.24) is 4.90 Å². The number of halogens is 1. The van der Waals surface area contributed by atoms with Crippen molar-refractivity contribution in [3.63, 3.8) is 0 Å². The molecule has 0 radical (unpaired) electrons. The van der Waals surface area contributed by atoms with E-state index in [4.69, 9.17) is 22.1 Å². The molecule has 0 saturated carbocycles. The van der Waals surface area contributed by atoms with Crippen LogP contribution in [-0.4, -0.2) is 60.8 Å². The number of ether oxygens (including phenoxy) is 1. The molecule has 0 bridgehead atoms. The molecule has 2 aromatic carbocycles. The van der Waals surface area contributed by atoms with Crippen LogP contribution in [0.5, 0.6) is 5.75 Å². The number of benzene rings is 2. The Hall–Kier alpha value is -2.61. The molecule has 8 heteroatoms. The Labute approximate surface area is 196 Å². The molecular formula is C24H31ClN4O2S. The summed E-state index contributed by atoms with van der Waals surface area (Å²) < 4.78 is 23.1. The highest BCUT2D eigenvalue weighted by Gasteiger charge is 2.13. The molecule has 172 valence electrons. The summed E-state index contributed by atoms with van der Waals surface area (Å²) in [4.78, 5) is 6.93. The van der Waals surface area contributed by atoms with Crippen LogP contribution in [0.2, 0.25) is 5.02 Å². The third-order valence-electron chi connectivity index (χ3n) is 4.71. The highest BCUT2D eigenvalue weighted by atomic mass is 35.5. The normalized spacial score (nSPS) is 13.9. The first-order chi connectivity index (χ1) is 15.2. The number of amidine groups is 1. The summed E-state index contributed by atoms with van der Waals surface area (Å²) in [5.74, 6) is 0.919. The molecule has 0 aliphatic carbocycles. The van der Waals surface area contributed by atoms with Gasteiger partial charge in [0.1, 0.15) is 11.6 Å². The topological polar surface area (TPSA) is 80.3 Å². The number of likely N-dealkylation sites (N-methyl/N-ethyl adjacent to an activating group) is 1. The maximum absolute atomic E-state index is 13.4. The minimum Gasteiger partial charge on any atom is -0.496 e. The van der Waals surface area contributed by atoms with E-state index in [1.807, 2.05) is 32.3 Å². The monoisotopic (exact) mass is 474 g/mol. The first kappa shape index (κ1) is 25.6. The number of methoxy groups -OCH3 is 1. The highest BCUT2D eigenvalue weighted by Crippen LogP contribution is 2.32. The first-order valence-corrected chi connectivity index (χ1v) is 12.1. The summed E-state index contributed by atoms with van der Waals surface area (Å²) in [5.41, 5.74) is 8.50. The molecule has 1 atom stereocenters. The first-order valence-electron chi connectivity index (χ1n) is 10.1. The minimum atomic E-state index is -2.79. The third-order valence-corrected chi connectivity index (χ3v) is 7.03. The van der Waals surface area contributed by atoms with Crippen molar-refractivity contribution < 1.29 is 8.95 Å². The Morgan fingerprint density at radius 3 is 2.53 bits per heavy atom. The summed E-state index contributed by atoms with van der Waals surface area (Å²) in [6.07, 6.45) is 2.06. The summed E-state index contributed by atoms with van der Waals surface area (Å²) in [7, 11) is 2.78. The van der Waals surface area contributed by atoms with E-state index in [-0.39, 0.29) is 5.84 Å². The summed E-state index contributed by atoms with van der Waals surface area (Å²) >= 11 is 6.06. The van der Waals surface area contributed by atoms with Gasteiger partial charge >= 0.3 is 0 Å². The van der Waals surface area contributed by atoms with E-state index >= 15 is 0 Å². The Balaban J connectivity index is 2.21. The van der Waals surface area contributed by atoms with Crippen LogP contribution >= 0.6 is 11.6 Å². The largest absolute Gasteiger partial charge is 0.496 e. The van der Waals surface area contributed by atoms with Gasteiger partial charge in [0.15, 0.2) is 0 Å². The number of nitrogens with zero attached hydrogens (tertiary/aromatic N) is 3. The molecular weight excluding hydrogens is 444 g/mol. The fourth-order valence-electron chi connectivity index (χ4n) is 2.88. The highest BCUT2D eigenvalue weighted by molar-refractivity contribution is 8.00. The van der Waals surface area contributed by atoms with Crippen molar-refractivity contribution in [1.29, 1.82) is 0 Å². The summed E-state index contributed by atoms with van der Waals surface area (Å²) in [6.45, 7) is 7.44. The van der Waals surface area contributed by atoms with Crippen molar-refractivity contribution in [2.45, 2.75) is 18.2 Å². The number of aliphatic imine (C=N–C) groups is 1. The van der Waals surface area contributed by atoms with E-state index in [2.05, 4.69) is 20.9 Å². The van der Waals surface area contributed by atoms with Gasteiger partial charge in [-0.3, -0.25) is 4.99 Å². The SMILES string of the molecule is C=C(c1ccc(S(=O)(=CC)N=C(N)CC=NCCN(C)C)cc1)c1ccc(Cl)cc1OC. The van der Waals surface area contributed by atoms with E-state index in [0.717, 1.165) is 23.2 Å². The number of nitrogens with two attached hydrogens (primary N) is 1. The molecule has 2 N–H and O–H groups in total. The molecule has 0 heterocycles. The van der Waals surface area contributed by atoms with Crippen LogP contribution < -0.4 is 10.5 Å². The van der Waals surface area contributed by atoms with Gasteiger partial charge in [-0.05, 0) is 67.9 Å². The van der Waals surface area contributed by atoms with Gasteiger partial charge in [-0.15, -0.1) is 0 Å². The molecule has 1 unspecified atom stereocenters. The van der Waals surface area contributed by atoms with Crippen LogP contribution in [0, 0.1) is 0 Å². The van der Waals surface area contributed by atoms with E-state index in [1.165, 1.54) is 0 Å². The van der Waals surface area contributed by atoms with Crippen LogP contribution in [0.4, 0.5) is 0 Å². The van der Waals surface area contributed by atoms with Gasteiger partial charge in [0.2, 0.25) is 0 Å². The lowest BCUT2D eigenvalue weighted by Gasteiger charge is -2.13. The standard InChI is InChI=1S/C24H31ClN4O2S/c1-6-32(30,28-24(26)13-14-27-15-16-29(3)4)21-10-7-19(8-11-21)18(2)22-12-9-20(25)17-23(22)31-5/h6-12,14,17H,2,13,15-16H2,1,3-5H3,(H2,26,28,30). The molecule has 0 aliphatic heterocycles. The average molecular weight is 475 g/mol. The average Bonchev–Trinajstić information content (AvgIpc) is 2.78. The molecule has 0 aliphatic rings. The van der Waals surface area contributed by atoms with E-state index in [0.29, 0.717) is 28.6 Å². The number of hydrogen-bond acceptors (Lipinski definition) is 4. The van der Waals surface area contributed by atoms with Gasteiger partial charge in [-0.2, -0.15) is 4.40 Å². The van der Waals surface area contributed by atoms with Crippen LogP contribution in [0.15, 0.2) is 63.3 Å². The van der Waals surface area contributed by atoms with Gasteiger partial charge in [-0.1, -0.05) is 30.3 Å². The van der Waals surface area contributed by atoms with Crippen molar-refractivity contribution in [2.75, 3.05) is 34.3 Å². The molecule has 32 heavy (non-hydrogen) atoms. The second-order valence-electron chi connectivity index (χ2n) is 7.33. The quantitative estimate of drug-likeness (QED) is 0.318. The molecule has 0 saturated heterocycles. The fourth-order valence-corrected chi connectivity index (χ4v) is 4.48. The second-order valence-corrected chi connectivity index (χ2v) is 10.0. The zero-order valence-corrected chi connectivity index (χ0v) is 20.6. The van der Waals surface area contributed by atoms with E-state index in [9.17, 15) is 4.21 Å². The molecule has 2 rings (SSSR count). The van der Waals surface area contributed by atoms with Crippen molar-refractivity contribution in [3.05, 3.63) is 65.2 Å². The van der Waals surface area contributed by atoms with Crippen LogP contribution in [-0.2, 0) is 9.71 Å².